The quantitative estimate of drug-likeness (QED) is 0.609. The number of H-pyrrole nitrogens is 1. The van der Waals surface area contributed by atoms with Gasteiger partial charge in [0, 0.05) is 42.2 Å². The summed E-state index contributed by atoms with van der Waals surface area (Å²) in [6, 6.07) is 14.2. The van der Waals surface area contributed by atoms with E-state index in [1.54, 1.807) is 0 Å². The summed E-state index contributed by atoms with van der Waals surface area (Å²) in [5, 5.41) is 9.70. The van der Waals surface area contributed by atoms with Gasteiger partial charge in [-0.15, -0.1) is 10.2 Å². The van der Waals surface area contributed by atoms with Crippen LogP contribution in [0.5, 0.6) is 0 Å². The number of nitrogens with zero attached hydrogens (tertiary/aromatic N) is 4. The summed E-state index contributed by atoms with van der Waals surface area (Å²) in [6.07, 6.45) is 4.96. The Kier molecular flexibility index (Phi) is 3.89. The average molecular weight is 359 g/mol. The minimum absolute atomic E-state index is 0.216. The lowest BCUT2D eigenvalue weighted by molar-refractivity contribution is -0.132. The molecule has 0 saturated heterocycles. The number of rotatable bonds is 4. The highest BCUT2D eigenvalue weighted by Gasteiger charge is 2.23. The summed E-state index contributed by atoms with van der Waals surface area (Å²) in [4.78, 5) is 18.1. The topological polar surface area (TPSA) is 66.3 Å². The first-order chi connectivity index (χ1) is 13.3. The fourth-order valence-corrected chi connectivity index (χ4v) is 4.02. The van der Waals surface area contributed by atoms with Crippen molar-refractivity contribution in [3.63, 3.8) is 0 Å². The average Bonchev–Trinajstić information content (AvgIpc) is 3.28. The van der Waals surface area contributed by atoms with Gasteiger partial charge in [0.2, 0.25) is 5.91 Å². The molecule has 1 amide bonds. The number of aryl methyl sites for hydroxylation is 1. The van der Waals surface area contributed by atoms with E-state index in [4.69, 9.17) is 0 Å². The zero-order valence-corrected chi connectivity index (χ0v) is 15.1. The number of carbonyl (C=O) groups excluding carboxylic acids is 1. The Hall–Kier alpha value is -3.15. The van der Waals surface area contributed by atoms with Gasteiger partial charge in [0.15, 0.2) is 5.65 Å². The van der Waals surface area contributed by atoms with E-state index in [2.05, 4.69) is 33.4 Å². The lowest BCUT2D eigenvalue weighted by Crippen LogP contribution is -2.35. The van der Waals surface area contributed by atoms with Gasteiger partial charge in [-0.1, -0.05) is 24.3 Å². The number of pyridine rings is 1. The molecule has 1 aliphatic rings. The number of hydrogen-bond acceptors (Lipinski definition) is 3. The second-order valence-electron chi connectivity index (χ2n) is 7.09. The van der Waals surface area contributed by atoms with Crippen LogP contribution in [0.3, 0.4) is 0 Å². The molecule has 5 rings (SSSR count). The Balaban J connectivity index is 1.23. The van der Waals surface area contributed by atoms with Crippen LogP contribution >= 0.6 is 0 Å². The van der Waals surface area contributed by atoms with Crippen LogP contribution in [-0.4, -0.2) is 36.9 Å². The second kappa shape index (κ2) is 6.54. The van der Waals surface area contributed by atoms with Crippen LogP contribution in [-0.2, 0) is 24.2 Å². The van der Waals surface area contributed by atoms with E-state index >= 15 is 0 Å². The molecule has 4 heterocycles. The van der Waals surface area contributed by atoms with E-state index in [0.29, 0.717) is 13.0 Å². The van der Waals surface area contributed by atoms with Crippen molar-refractivity contribution in [1.29, 1.82) is 0 Å². The van der Waals surface area contributed by atoms with Crippen LogP contribution < -0.4 is 0 Å². The summed E-state index contributed by atoms with van der Waals surface area (Å²) in [7, 11) is 0. The fourth-order valence-electron chi connectivity index (χ4n) is 4.02. The Morgan fingerprint density at radius 3 is 2.96 bits per heavy atom. The first-order valence-corrected chi connectivity index (χ1v) is 9.44. The van der Waals surface area contributed by atoms with Crippen molar-refractivity contribution in [3.8, 4) is 0 Å². The van der Waals surface area contributed by atoms with Crippen molar-refractivity contribution in [1.82, 2.24) is 24.5 Å². The van der Waals surface area contributed by atoms with Crippen molar-refractivity contribution in [2.45, 2.75) is 32.2 Å². The van der Waals surface area contributed by atoms with Gasteiger partial charge >= 0.3 is 0 Å². The molecular weight excluding hydrogens is 338 g/mol. The fraction of sp³-hybridized carbons (Fsp3) is 0.286. The molecule has 0 fully saturated rings. The molecule has 4 aromatic rings. The maximum Gasteiger partial charge on any atom is 0.222 e. The molecule has 1 aliphatic heterocycles. The van der Waals surface area contributed by atoms with Crippen molar-refractivity contribution in [3.05, 3.63) is 65.7 Å². The molecule has 0 atom stereocenters. The predicted molar refractivity (Wildman–Crippen MR) is 103 cm³/mol. The molecule has 0 spiro atoms. The number of hydrogen-bond donors (Lipinski definition) is 1. The highest BCUT2D eigenvalue weighted by Crippen LogP contribution is 2.27. The van der Waals surface area contributed by atoms with Crippen LogP contribution in [0.15, 0.2) is 48.7 Å². The summed E-state index contributed by atoms with van der Waals surface area (Å²) in [5.74, 6) is 1.13. The van der Waals surface area contributed by atoms with Crippen LogP contribution in [0.4, 0.5) is 0 Å². The molecule has 0 saturated carbocycles. The van der Waals surface area contributed by atoms with Gasteiger partial charge in [0.1, 0.15) is 5.82 Å². The summed E-state index contributed by atoms with van der Waals surface area (Å²) < 4.78 is 1.99. The van der Waals surface area contributed by atoms with Gasteiger partial charge in [-0.05, 0) is 36.6 Å². The molecule has 0 radical (unpaired) electrons. The molecule has 136 valence electrons. The zero-order valence-electron chi connectivity index (χ0n) is 15.1. The lowest BCUT2D eigenvalue weighted by atomic mass is 10.0. The summed E-state index contributed by atoms with van der Waals surface area (Å²) in [5.41, 5.74) is 4.56. The number of benzene rings is 1. The molecule has 1 N–H and O–H groups in total. The number of aromatic nitrogens is 4. The standard InChI is InChI=1S/C21H21N5O/c27-21(10-5-9-20-24-23-19-8-3-4-12-26(19)20)25-13-11-16-15-6-1-2-7-17(15)22-18(16)14-25/h1-4,6-8,12,22H,5,9-11,13-14H2. The van der Waals surface area contributed by atoms with E-state index in [1.165, 1.54) is 16.6 Å². The Morgan fingerprint density at radius 2 is 2.00 bits per heavy atom. The summed E-state index contributed by atoms with van der Waals surface area (Å²) in [6.45, 7) is 1.47. The molecule has 0 bridgehead atoms. The number of carbonyl (C=O) groups is 1. The van der Waals surface area contributed by atoms with Crippen molar-refractivity contribution >= 4 is 22.5 Å². The molecule has 0 unspecified atom stereocenters. The number of para-hydroxylation sites is 1. The van der Waals surface area contributed by atoms with Gasteiger partial charge in [-0.25, -0.2) is 0 Å². The molecule has 1 aromatic carbocycles. The van der Waals surface area contributed by atoms with Gasteiger partial charge in [-0.3, -0.25) is 9.20 Å². The zero-order chi connectivity index (χ0) is 18.2. The molecule has 27 heavy (non-hydrogen) atoms. The van der Waals surface area contributed by atoms with Crippen LogP contribution in [0, 0.1) is 0 Å². The molecule has 3 aromatic heterocycles. The highest BCUT2D eigenvalue weighted by atomic mass is 16.2. The predicted octanol–water partition coefficient (Wildman–Crippen LogP) is 3.12. The van der Waals surface area contributed by atoms with E-state index in [1.807, 2.05) is 39.8 Å². The van der Waals surface area contributed by atoms with Gasteiger partial charge < -0.3 is 9.88 Å². The third-order valence-corrected chi connectivity index (χ3v) is 5.41. The third-order valence-electron chi connectivity index (χ3n) is 5.41. The molecular formula is C21H21N5O. The maximum atomic E-state index is 12.7. The van der Waals surface area contributed by atoms with Crippen molar-refractivity contribution < 1.29 is 4.79 Å². The number of amides is 1. The number of fused-ring (bicyclic) bond motifs is 4. The van der Waals surface area contributed by atoms with Crippen molar-refractivity contribution in [2.24, 2.45) is 0 Å². The molecule has 0 aliphatic carbocycles. The van der Waals surface area contributed by atoms with E-state index in [0.717, 1.165) is 42.8 Å². The molecule has 6 nitrogen and oxygen atoms in total. The Morgan fingerprint density at radius 1 is 1.11 bits per heavy atom. The van der Waals surface area contributed by atoms with E-state index in [-0.39, 0.29) is 5.91 Å². The smallest absolute Gasteiger partial charge is 0.222 e. The normalized spacial score (nSPS) is 14.0. The van der Waals surface area contributed by atoms with Gasteiger partial charge in [-0.2, -0.15) is 0 Å². The Labute approximate surface area is 156 Å². The highest BCUT2D eigenvalue weighted by molar-refractivity contribution is 5.85. The number of nitrogens with one attached hydrogen (secondary N) is 1. The largest absolute Gasteiger partial charge is 0.357 e. The second-order valence-corrected chi connectivity index (χ2v) is 7.09. The van der Waals surface area contributed by atoms with Crippen LogP contribution in [0.2, 0.25) is 0 Å². The Bertz CT molecular complexity index is 1130. The molecule has 6 heteroatoms. The minimum Gasteiger partial charge on any atom is -0.357 e. The van der Waals surface area contributed by atoms with Gasteiger partial charge in [0.25, 0.3) is 0 Å². The van der Waals surface area contributed by atoms with Crippen molar-refractivity contribution in [2.75, 3.05) is 6.54 Å². The van der Waals surface area contributed by atoms with Crippen LogP contribution in [0.1, 0.15) is 29.9 Å². The monoisotopic (exact) mass is 359 g/mol. The number of aromatic amines is 1. The maximum absolute atomic E-state index is 12.7. The van der Waals surface area contributed by atoms with Gasteiger partial charge in [0.05, 0.1) is 6.54 Å². The third kappa shape index (κ3) is 2.87. The van der Waals surface area contributed by atoms with Crippen LogP contribution in [0.25, 0.3) is 16.6 Å². The van der Waals surface area contributed by atoms with E-state index < -0.39 is 0 Å². The first-order valence-electron chi connectivity index (χ1n) is 9.44. The minimum atomic E-state index is 0.216. The lowest BCUT2D eigenvalue weighted by Gasteiger charge is -2.27. The van der Waals surface area contributed by atoms with E-state index in [9.17, 15) is 4.79 Å². The SMILES string of the molecule is O=C(CCCc1nnc2ccccn12)N1CCc2c([nH]c3ccccc23)C1. The summed E-state index contributed by atoms with van der Waals surface area (Å²) >= 11 is 0. The first kappa shape index (κ1) is 16.1.